The zero-order valence-corrected chi connectivity index (χ0v) is 34.2. The minimum atomic E-state index is -1.49. The lowest BCUT2D eigenvalue weighted by Gasteiger charge is -2.50. The largest absolute Gasteiger partial charge is 0.462 e. The third-order valence-electron chi connectivity index (χ3n) is 10.6. The molecule has 55 heavy (non-hydrogen) atoms. The quantitative estimate of drug-likeness (QED) is 0.176. The molecule has 15 nitrogen and oxygen atoms in total. The summed E-state index contributed by atoms with van der Waals surface area (Å²) in [5.74, 6) is -2.03. The topological polar surface area (TPSA) is 200 Å². The van der Waals surface area contributed by atoms with E-state index in [4.69, 9.17) is 33.2 Å². The molecule has 3 rings (SSSR count). The van der Waals surface area contributed by atoms with E-state index in [1.165, 1.54) is 7.11 Å². The van der Waals surface area contributed by atoms with Gasteiger partial charge in [-0.05, 0) is 66.0 Å². The molecule has 4 N–H and O–H groups in total. The number of cyclic esters (lactones) is 1. The highest BCUT2D eigenvalue weighted by Crippen LogP contribution is 2.37. The van der Waals surface area contributed by atoms with Gasteiger partial charge >= 0.3 is 11.9 Å². The Balaban J connectivity index is 1.90. The molecular formula is C40H67NO14. The number of hydrogen-bond donors (Lipinski definition) is 4. The standard InChI is InChI=1S/C40H67NO14/c1-22(2)18-30(45)53-38-26(6)51-32(21-40(38,7)48)54-35-25(5)52-39(34(47)33(35)41(8)9)55-36-27(16-17-42)19-23(3)28(43)15-13-11-12-14-24(4)50-31(46)20-29(44)37(36)49-10/h11-13,15,17,22-29,32-39,43-44,47-48H,14,16,18-21H2,1-10H3/b12-11+,15-13+/t23-,24-,25+,26-,27+,28+,29-,32+,33+,34-,35-,36+,37+,38+,39+,40-/m1/s1. The van der Waals surface area contributed by atoms with Crippen LogP contribution in [0.2, 0.25) is 0 Å². The molecule has 15 heteroatoms. The van der Waals surface area contributed by atoms with Gasteiger partial charge in [-0.25, -0.2) is 0 Å². The second kappa shape index (κ2) is 21.4. The van der Waals surface area contributed by atoms with Crippen LogP contribution < -0.4 is 0 Å². The Morgan fingerprint density at radius 2 is 1.73 bits per heavy atom. The van der Waals surface area contributed by atoms with Gasteiger partial charge < -0.3 is 63.3 Å². The van der Waals surface area contributed by atoms with Gasteiger partial charge in [0.2, 0.25) is 0 Å². The third kappa shape index (κ3) is 13.4. The van der Waals surface area contributed by atoms with Crippen LogP contribution in [-0.4, -0.2) is 150 Å². The summed E-state index contributed by atoms with van der Waals surface area (Å²) in [5.41, 5.74) is -1.49. The number of carbonyl (C=O) groups excluding carboxylic acids is 3. The van der Waals surface area contributed by atoms with Crippen molar-refractivity contribution >= 4 is 18.2 Å². The summed E-state index contributed by atoms with van der Waals surface area (Å²) in [7, 11) is 4.86. The molecule has 3 heterocycles. The minimum absolute atomic E-state index is 0.0318. The Labute approximate surface area is 326 Å². The smallest absolute Gasteiger partial charge is 0.308 e. The lowest BCUT2D eigenvalue weighted by Crippen LogP contribution is -2.66. The third-order valence-corrected chi connectivity index (χ3v) is 10.6. The zero-order chi connectivity index (χ0) is 41.2. The van der Waals surface area contributed by atoms with Crippen LogP contribution in [-0.2, 0) is 47.5 Å². The average molecular weight is 786 g/mol. The average Bonchev–Trinajstić information content (AvgIpc) is 3.06. The van der Waals surface area contributed by atoms with Crippen molar-refractivity contribution in [1.82, 2.24) is 4.90 Å². The SMILES string of the molecule is CO[C@@H]1[C@@H](O[C@@H]2O[C@@H](C)[C@@H](O[C@H]3C[C@@](C)(O)[C@@H](OC(=O)CC(C)C)[C@@H](C)O3)[C@@H](N(C)C)[C@H]2O)[C@@H](CC=O)C[C@@H](C)[C@@H](O)/C=C/C=C/C[C@@H](C)OC(=O)C[C@H]1O. The highest BCUT2D eigenvalue weighted by atomic mass is 16.7. The van der Waals surface area contributed by atoms with Gasteiger partial charge in [0.05, 0.1) is 43.0 Å². The Morgan fingerprint density at radius 3 is 2.33 bits per heavy atom. The molecule has 0 amide bonds. The predicted molar refractivity (Wildman–Crippen MR) is 200 cm³/mol. The number of aliphatic hydroxyl groups excluding tert-OH is 3. The molecule has 0 aromatic heterocycles. The maximum atomic E-state index is 12.9. The molecule has 316 valence electrons. The van der Waals surface area contributed by atoms with Crippen molar-refractivity contribution in [2.24, 2.45) is 17.8 Å². The van der Waals surface area contributed by atoms with Crippen LogP contribution in [0, 0.1) is 17.8 Å². The Kier molecular flexibility index (Phi) is 18.4. The number of rotatable bonds is 11. The van der Waals surface area contributed by atoms with Gasteiger partial charge in [-0.3, -0.25) is 9.59 Å². The molecule has 0 radical (unpaired) electrons. The van der Waals surface area contributed by atoms with Crippen LogP contribution in [0.3, 0.4) is 0 Å². The van der Waals surface area contributed by atoms with Gasteiger partial charge in [0.15, 0.2) is 18.7 Å². The van der Waals surface area contributed by atoms with Crippen molar-refractivity contribution in [3.05, 3.63) is 24.3 Å². The summed E-state index contributed by atoms with van der Waals surface area (Å²) in [6.45, 7) is 12.4. The van der Waals surface area contributed by atoms with Crippen molar-refractivity contribution < 1.29 is 68.0 Å². The van der Waals surface area contributed by atoms with Crippen LogP contribution in [0.1, 0.15) is 87.0 Å². The highest BCUT2D eigenvalue weighted by Gasteiger charge is 2.52. The second-order valence-corrected chi connectivity index (χ2v) is 16.4. The number of methoxy groups -OCH3 is 1. The van der Waals surface area contributed by atoms with E-state index >= 15 is 0 Å². The molecule has 0 unspecified atom stereocenters. The summed E-state index contributed by atoms with van der Waals surface area (Å²) < 4.78 is 42.4. The molecule has 0 aliphatic carbocycles. The van der Waals surface area contributed by atoms with E-state index in [1.807, 2.05) is 26.8 Å². The summed E-state index contributed by atoms with van der Waals surface area (Å²) in [5, 5.41) is 45.8. The van der Waals surface area contributed by atoms with Gasteiger partial charge in [0.25, 0.3) is 0 Å². The fourth-order valence-electron chi connectivity index (χ4n) is 7.78. The monoisotopic (exact) mass is 785 g/mol. The van der Waals surface area contributed by atoms with E-state index in [0.29, 0.717) is 6.42 Å². The first-order chi connectivity index (χ1) is 25.8. The molecule has 0 saturated carbocycles. The Morgan fingerprint density at radius 1 is 1.04 bits per heavy atom. The summed E-state index contributed by atoms with van der Waals surface area (Å²) >= 11 is 0. The normalized spacial score (nSPS) is 42.4. The Hall–Kier alpha value is -2.31. The Bertz CT molecular complexity index is 1270. The maximum Gasteiger partial charge on any atom is 0.308 e. The van der Waals surface area contributed by atoms with Crippen molar-refractivity contribution in [2.45, 2.75) is 172 Å². The van der Waals surface area contributed by atoms with E-state index in [-0.39, 0.29) is 37.5 Å². The molecule has 2 saturated heterocycles. The van der Waals surface area contributed by atoms with E-state index in [2.05, 4.69) is 0 Å². The van der Waals surface area contributed by atoms with Crippen molar-refractivity contribution in [3.63, 3.8) is 0 Å². The first-order valence-corrected chi connectivity index (χ1v) is 19.5. The van der Waals surface area contributed by atoms with E-state index < -0.39 is 110 Å². The van der Waals surface area contributed by atoms with Crippen LogP contribution in [0.4, 0.5) is 0 Å². The van der Waals surface area contributed by atoms with E-state index in [0.717, 1.165) is 6.29 Å². The first kappa shape index (κ1) is 47.1. The van der Waals surface area contributed by atoms with Gasteiger partial charge in [-0.15, -0.1) is 0 Å². The van der Waals surface area contributed by atoms with Gasteiger partial charge in [-0.1, -0.05) is 45.1 Å². The number of hydrogen-bond acceptors (Lipinski definition) is 15. The summed E-state index contributed by atoms with van der Waals surface area (Å²) in [6, 6.07) is -0.753. The maximum absolute atomic E-state index is 12.9. The van der Waals surface area contributed by atoms with Crippen LogP contribution in [0.5, 0.6) is 0 Å². The zero-order valence-electron chi connectivity index (χ0n) is 34.2. The lowest BCUT2D eigenvalue weighted by molar-refractivity contribution is -0.344. The van der Waals surface area contributed by atoms with Crippen LogP contribution in [0.15, 0.2) is 24.3 Å². The van der Waals surface area contributed by atoms with Gasteiger partial charge in [0.1, 0.15) is 36.3 Å². The van der Waals surface area contributed by atoms with Crippen LogP contribution >= 0.6 is 0 Å². The lowest BCUT2D eigenvalue weighted by atomic mass is 9.82. The molecule has 2 fully saturated rings. The molecule has 3 aliphatic rings. The number of nitrogens with zero attached hydrogens (tertiary/aromatic N) is 1. The molecule has 3 aliphatic heterocycles. The van der Waals surface area contributed by atoms with Crippen molar-refractivity contribution in [3.8, 4) is 0 Å². The van der Waals surface area contributed by atoms with Gasteiger partial charge in [0, 0.05) is 32.8 Å². The predicted octanol–water partition coefficient (Wildman–Crippen LogP) is 2.44. The minimum Gasteiger partial charge on any atom is -0.462 e. The number of likely N-dealkylation sites (N-methyl/N-ethyl adjacent to an activating group) is 1. The number of aliphatic hydroxyl groups is 4. The van der Waals surface area contributed by atoms with Crippen molar-refractivity contribution in [1.29, 1.82) is 0 Å². The van der Waals surface area contributed by atoms with Crippen molar-refractivity contribution in [2.75, 3.05) is 21.2 Å². The number of allylic oxidation sites excluding steroid dienone is 2. The van der Waals surface area contributed by atoms with Gasteiger partial charge in [-0.2, -0.15) is 0 Å². The molecule has 16 atom stereocenters. The molecule has 0 aromatic rings. The summed E-state index contributed by atoms with van der Waals surface area (Å²) in [6.07, 6.45) is -3.92. The van der Waals surface area contributed by atoms with E-state index in [1.54, 1.807) is 64.9 Å². The number of esters is 2. The fourth-order valence-corrected chi connectivity index (χ4v) is 7.78. The molecular weight excluding hydrogens is 718 g/mol. The fraction of sp³-hybridized carbons (Fsp3) is 0.825. The number of carbonyl (C=O) groups is 3. The molecule has 0 bridgehead atoms. The van der Waals surface area contributed by atoms with Crippen LogP contribution in [0.25, 0.3) is 0 Å². The molecule has 0 aromatic carbocycles. The van der Waals surface area contributed by atoms with E-state index in [9.17, 15) is 34.8 Å². The highest BCUT2D eigenvalue weighted by molar-refractivity contribution is 5.70. The summed E-state index contributed by atoms with van der Waals surface area (Å²) in [4.78, 5) is 39.3. The first-order valence-electron chi connectivity index (χ1n) is 19.5. The number of ether oxygens (including phenoxy) is 7. The second-order valence-electron chi connectivity index (χ2n) is 16.4. The number of aldehydes is 1. The molecule has 0 spiro atoms.